The van der Waals surface area contributed by atoms with Crippen LogP contribution in [0.5, 0.6) is 0 Å². The van der Waals surface area contributed by atoms with Gasteiger partial charge >= 0.3 is 0 Å². The van der Waals surface area contributed by atoms with Gasteiger partial charge in [-0.05, 0) is 18.9 Å². The maximum atomic E-state index is 12.0. The van der Waals surface area contributed by atoms with Crippen LogP contribution in [0.3, 0.4) is 0 Å². The summed E-state index contributed by atoms with van der Waals surface area (Å²) in [6.45, 7) is 0. The number of amides is 1. The van der Waals surface area contributed by atoms with Crippen LogP contribution in [0, 0.1) is 5.92 Å². The third-order valence-corrected chi connectivity index (χ3v) is 3.46. The minimum absolute atomic E-state index is 0.143. The van der Waals surface area contributed by atoms with Gasteiger partial charge in [-0.15, -0.1) is 0 Å². The third kappa shape index (κ3) is 1.90. The van der Waals surface area contributed by atoms with Crippen molar-refractivity contribution >= 4 is 22.5 Å². The van der Waals surface area contributed by atoms with Crippen LogP contribution in [-0.4, -0.2) is 16.1 Å². The monoisotopic (exact) mass is 229 g/mol. The van der Waals surface area contributed by atoms with Gasteiger partial charge in [0.2, 0.25) is 5.91 Å². The van der Waals surface area contributed by atoms with Crippen LogP contribution < -0.4 is 5.32 Å². The predicted octanol–water partition coefficient (Wildman–Crippen LogP) is 2.69. The van der Waals surface area contributed by atoms with Crippen LogP contribution in [0.4, 0.5) is 5.69 Å². The fraction of sp³-hybridized carbons (Fsp3) is 0.385. The molecule has 0 bridgehead atoms. The molecule has 1 aromatic carbocycles. The van der Waals surface area contributed by atoms with Crippen LogP contribution in [0.25, 0.3) is 10.9 Å². The Labute approximate surface area is 99.4 Å². The number of hydrogen-bond donors (Lipinski definition) is 2. The molecule has 4 heteroatoms. The summed E-state index contributed by atoms with van der Waals surface area (Å²) >= 11 is 0. The molecule has 3 rings (SSSR count). The minimum atomic E-state index is 0.143. The Kier molecular flexibility index (Phi) is 2.55. The first-order chi connectivity index (χ1) is 8.34. The molecule has 0 radical (unpaired) electrons. The Bertz CT molecular complexity index is 540. The Balaban J connectivity index is 1.84. The number of aromatic amines is 1. The van der Waals surface area contributed by atoms with Crippen molar-refractivity contribution in [2.75, 3.05) is 5.32 Å². The van der Waals surface area contributed by atoms with Crippen molar-refractivity contribution in [1.82, 2.24) is 10.2 Å². The molecule has 0 unspecified atom stereocenters. The summed E-state index contributed by atoms with van der Waals surface area (Å²) in [5, 5.41) is 10.9. The van der Waals surface area contributed by atoms with Gasteiger partial charge in [0.1, 0.15) is 0 Å². The molecule has 2 N–H and O–H groups in total. The van der Waals surface area contributed by atoms with Crippen LogP contribution in [0.1, 0.15) is 25.7 Å². The molecule has 1 aromatic heterocycles. The van der Waals surface area contributed by atoms with Crippen molar-refractivity contribution in [3.8, 4) is 0 Å². The number of hydrogen-bond acceptors (Lipinski definition) is 2. The Morgan fingerprint density at radius 2 is 2.18 bits per heavy atom. The number of fused-ring (bicyclic) bond motifs is 1. The van der Waals surface area contributed by atoms with E-state index in [0.717, 1.165) is 29.4 Å². The SMILES string of the molecule is O=C(Nc1cccc2cn[nH]c12)C1CCCC1. The molecule has 1 fully saturated rings. The molecule has 0 saturated heterocycles. The van der Waals surface area contributed by atoms with E-state index in [4.69, 9.17) is 0 Å². The Morgan fingerprint density at radius 3 is 3.00 bits per heavy atom. The van der Waals surface area contributed by atoms with Crippen molar-refractivity contribution in [3.63, 3.8) is 0 Å². The Morgan fingerprint density at radius 1 is 1.35 bits per heavy atom. The molecule has 0 aliphatic heterocycles. The number of nitrogens with one attached hydrogen (secondary N) is 2. The fourth-order valence-electron chi connectivity index (χ4n) is 2.50. The maximum Gasteiger partial charge on any atom is 0.227 e. The molecule has 1 aliphatic carbocycles. The van der Waals surface area contributed by atoms with Crippen molar-refractivity contribution in [2.24, 2.45) is 5.92 Å². The topological polar surface area (TPSA) is 57.8 Å². The lowest BCUT2D eigenvalue weighted by molar-refractivity contribution is -0.119. The number of rotatable bonds is 2. The van der Waals surface area contributed by atoms with E-state index in [-0.39, 0.29) is 11.8 Å². The molecule has 1 aliphatic rings. The quantitative estimate of drug-likeness (QED) is 0.831. The van der Waals surface area contributed by atoms with Crippen molar-refractivity contribution in [3.05, 3.63) is 24.4 Å². The van der Waals surface area contributed by atoms with E-state index >= 15 is 0 Å². The summed E-state index contributed by atoms with van der Waals surface area (Å²) in [5.41, 5.74) is 1.73. The third-order valence-electron chi connectivity index (χ3n) is 3.46. The number of carbonyl (C=O) groups is 1. The summed E-state index contributed by atoms with van der Waals surface area (Å²) in [5.74, 6) is 0.331. The maximum absolute atomic E-state index is 12.0. The number of para-hydroxylation sites is 1. The van der Waals surface area contributed by atoms with Crippen LogP contribution in [0.2, 0.25) is 0 Å². The van der Waals surface area contributed by atoms with Gasteiger partial charge in [-0.3, -0.25) is 9.89 Å². The van der Waals surface area contributed by atoms with E-state index in [9.17, 15) is 4.79 Å². The molecule has 1 amide bonds. The van der Waals surface area contributed by atoms with E-state index in [1.54, 1.807) is 6.20 Å². The molecule has 1 heterocycles. The normalized spacial score (nSPS) is 16.5. The lowest BCUT2D eigenvalue weighted by Gasteiger charge is -2.10. The van der Waals surface area contributed by atoms with Gasteiger partial charge in [0.15, 0.2) is 0 Å². The summed E-state index contributed by atoms with van der Waals surface area (Å²) in [4.78, 5) is 12.0. The Hall–Kier alpha value is -1.84. The summed E-state index contributed by atoms with van der Waals surface area (Å²) < 4.78 is 0. The first-order valence-electron chi connectivity index (χ1n) is 6.07. The molecule has 17 heavy (non-hydrogen) atoms. The van der Waals surface area contributed by atoms with E-state index < -0.39 is 0 Å². The first kappa shape index (κ1) is 10.3. The van der Waals surface area contributed by atoms with Gasteiger partial charge in [0, 0.05) is 11.3 Å². The average molecular weight is 229 g/mol. The van der Waals surface area contributed by atoms with Crippen molar-refractivity contribution in [1.29, 1.82) is 0 Å². The zero-order chi connectivity index (χ0) is 11.7. The van der Waals surface area contributed by atoms with Gasteiger partial charge in [0.25, 0.3) is 0 Å². The van der Waals surface area contributed by atoms with Crippen molar-refractivity contribution < 1.29 is 4.79 Å². The number of aromatic nitrogens is 2. The van der Waals surface area contributed by atoms with Gasteiger partial charge in [-0.2, -0.15) is 5.10 Å². The van der Waals surface area contributed by atoms with E-state index in [1.165, 1.54) is 12.8 Å². The number of H-pyrrole nitrogens is 1. The second-order valence-corrected chi connectivity index (χ2v) is 4.61. The second kappa shape index (κ2) is 4.20. The first-order valence-corrected chi connectivity index (χ1v) is 6.07. The lowest BCUT2D eigenvalue weighted by atomic mass is 10.1. The fourth-order valence-corrected chi connectivity index (χ4v) is 2.50. The molecule has 0 spiro atoms. The predicted molar refractivity (Wildman–Crippen MR) is 66.7 cm³/mol. The van der Waals surface area contributed by atoms with Gasteiger partial charge in [-0.1, -0.05) is 25.0 Å². The number of benzene rings is 1. The lowest BCUT2D eigenvalue weighted by Crippen LogP contribution is -2.20. The molecule has 4 nitrogen and oxygen atoms in total. The summed E-state index contributed by atoms with van der Waals surface area (Å²) in [7, 11) is 0. The zero-order valence-electron chi connectivity index (χ0n) is 9.57. The second-order valence-electron chi connectivity index (χ2n) is 4.61. The smallest absolute Gasteiger partial charge is 0.227 e. The van der Waals surface area contributed by atoms with E-state index in [0.29, 0.717) is 0 Å². The number of carbonyl (C=O) groups excluding carboxylic acids is 1. The highest BCUT2D eigenvalue weighted by atomic mass is 16.1. The molecular weight excluding hydrogens is 214 g/mol. The van der Waals surface area contributed by atoms with Gasteiger partial charge in [0.05, 0.1) is 17.4 Å². The number of anilines is 1. The standard InChI is InChI=1S/C13H15N3O/c17-13(9-4-1-2-5-9)15-11-7-3-6-10-8-14-16-12(10)11/h3,6-9H,1-2,4-5H2,(H,14,16)(H,15,17). The molecule has 0 atom stereocenters. The minimum Gasteiger partial charge on any atom is -0.324 e. The van der Waals surface area contributed by atoms with Gasteiger partial charge in [-0.25, -0.2) is 0 Å². The average Bonchev–Trinajstić information content (AvgIpc) is 3.00. The van der Waals surface area contributed by atoms with Crippen molar-refractivity contribution in [2.45, 2.75) is 25.7 Å². The van der Waals surface area contributed by atoms with E-state index in [1.807, 2.05) is 18.2 Å². The summed E-state index contributed by atoms with van der Waals surface area (Å²) in [6, 6.07) is 5.82. The number of nitrogens with zero attached hydrogens (tertiary/aromatic N) is 1. The van der Waals surface area contributed by atoms with E-state index in [2.05, 4.69) is 15.5 Å². The summed E-state index contributed by atoms with van der Waals surface area (Å²) in [6.07, 6.45) is 6.15. The molecule has 88 valence electrons. The highest BCUT2D eigenvalue weighted by Gasteiger charge is 2.23. The largest absolute Gasteiger partial charge is 0.324 e. The van der Waals surface area contributed by atoms with Gasteiger partial charge < -0.3 is 5.32 Å². The highest BCUT2D eigenvalue weighted by molar-refractivity contribution is 6.00. The van der Waals surface area contributed by atoms with Crippen LogP contribution in [-0.2, 0) is 4.79 Å². The molecule has 2 aromatic rings. The van der Waals surface area contributed by atoms with Crippen LogP contribution in [0.15, 0.2) is 24.4 Å². The zero-order valence-corrected chi connectivity index (χ0v) is 9.57. The van der Waals surface area contributed by atoms with Crippen LogP contribution >= 0.6 is 0 Å². The molecule has 1 saturated carbocycles. The highest BCUT2D eigenvalue weighted by Crippen LogP contribution is 2.27. The molecular formula is C13H15N3O.